The van der Waals surface area contributed by atoms with E-state index in [9.17, 15) is 25.2 Å². The Kier molecular flexibility index (Phi) is 8.44. The molecule has 5 atom stereocenters. The summed E-state index contributed by atoms with van der Waals surface area (Å²) in [7, 11) is 1.36. The smallest absolute Gasteiger partial charge is 0.306 e. The van der Waals surface area contributed by atoms with Crippen molar-refractivity contribution < 1.29 is 39.5 Å². The van der Waals surface area contributed by atoms with Crippen LogP contribution in [-0.2, 0) is 19.1 Å². The standard InChI is InChI=1S/C17H21Cl2NO8/c1-26-20-11(8-2-3-9(18)10(19)6-8)4-5-13(21)27-7-12-14(22)15(23)16(24)17(25)28-12/h2-3,6,12,14-17,22-25H,4-5,7H2,1H3/b20-11-/t12-,14-,15+,16-,17?/m1/s1. The largest absolute Gasteiger partial charge is 0.463 e. The van der Waals surface area contributed by atoms with E-state index in [4.69, 9.17) is 37.5 Å². The van der Waals surface area contributed by atoms with Gasteiger partial charge in [-0.2, -0.15) is 0 Å². The lowest BCUT2D eigenvalue weighted by Gasteiger charge is -2.37. The number of nitrogens with zero attached hydrogens (tertiary/aromatic N) is 1. The highest BCUT2D eigenvalue weighted by molar-refractivity contribution is 6.42. The molecule has 1 aromatic carbocycles. The minimum Gasteiger partial charge on any atom is -0.463 e. The highest BCUT2D eigenvalue weighted by Gasteiger charge is 2.43. The summed E-state index contributed by atoms with van der Waals surface area (Å²) in [5, 5.41) is 42.9. The molecule has 0 bridgehead atoms. The van der Waals surface area contributed by atoms with Gasteiger partial charge >= 0.3 is 5.97 Å². The van der Waals surface area contributed by atoms with Crippen molar-refractivity contribution in [2.75, 3.05) is 13.7 Å². The Labute approximate surface area is 171 Å². The van der Waals surface area contributed by atoms with Gasteiger partial charge in [0.25, 0.3) is 0 Å². The van der Waals surface area contributed by atoms with Crippen LogP contribution in [0.5, 0.6) is 0 Å². The minimum atomic E-state index is -1.70. The first-order valence-corrected chi connectivity index (χ1v) is 9.09. The maximum atomic E-state index is 12.0. The molecule has 1 aliphatic rings. The van der Waals surface area contributed by atoms with E-state index in [1.165, 1.54) is 7.11 Å². The second kappa shape index (κ2) is 10.4. The molecule has 11 heteroatoms. The number of esters is 1. The van der Waals surface area contributed by atoms with Crippen molar-refractivity contribution in [1.82, 2.24) is 0 Å². The number of carbonyl (C=O) groups is 1. The molecule has 0 amide bonds. The van der Waals surface area contributed by atoms with E-state index in [2.05, 4.69) is 5.16 Å². The number of hydrogen-bond acceptors (Lipinski definition) is 9. The van der Waals surface area contributed by atoms with Gasteiger partial charge in [0.15, 0.2) is 6.29 Å². The Morgan fingerprint density at radius 2 is 1.82 bits per heavy atom. The molecule has 0 aliphatic carbocycles. The summed E-state index contributed by atoms with van der Waals surface area (Å²) in [6.07, 6.45) is -7.57. The number of aliphatic hydroxyl groups excluding tert-OH is 4. The molecule has 1 unspecified atom stereocenters. The lowest BCUT2D eigenvalue weighted by atomic mass is 9.99. The summed E-state index contributed by atoms with van der Waals surface area (Å²) in [4.78, 5) is 16.8. The van der Waals surface area contributed by atoms with Crippen LogP contribution in [0.15, 0.2) is 23.4 Å². The van der Waals surface area contributed by atoms with E-state index in [1.54, 1.807) is 18.2 Å². The maximum absolute atomic E-state index is 12.0. The quantitative estimate of drug-likeness (QED) is 0.274. The second-order valence-corrected chi connectivity index (χ2v) is 6.88. The Bertz CT molecular complexity index is 716. The van der Waals surface area contributed by atoms with Crippen LogP contribution in [-0.4, -0.2) is 76.5 Å². The van der Waals surface area contributed by atoms with E-state index in [0.717, 1.165) is 0 Å². The third-order valence-corrected chi connectivity index (χ3v) is 4.85. The SMILES string of the molecule is CO/N=C(/CCC(=O)OC[C@H]1OC(O)[C@H](O)[C@@H](O)[C@@H]1O)c1ccc(Cl)c(Cl)c1. The van der Waals surface area contributed by atoms with Crippen molar-refractivity contribution in [1.29, 1.82) is 0 Å². The third kappa shape index (κ3) is 5.77. The molecule has 1 saturated heterocycles. The molecule has 1 fully saturated rings. The fraction of sp³-hybridized carbons (Fsp3) is 0.529. The summed E-state index contributed by atoms with van der Waals surface area (Å²) >= 11 is 11.9. The molecule has 1 heterocycles. The van der Waals surface area contributed by atoms with Crippen molar-refractivity contribution in [3.05, 3.63) is 33.8 Å². The van der Waals surface area contributed by atoms with Crippen LogP contribution in [0.1, 0.15) is 18.4 Å². The van der Waals surface area contributed by atoms with Crippen molar-refractivity contribution in [3.63, 3.8) is 0 Å². The Hall–Kier alpha value is -1.46. The van der Waals surface area contributed by atoms with E-state index in [-0.39, 0.29) is 12.8 Å². The van der Waals surface area contributed by atoms with Gasteiger partial charge in [-0.15, -0.1) is 0 Å². The first-order valence-electron chi connectivity index (χ1n) is 8.33. The number of rotatable bonds is 7. The molecular weight excluding hydrogens is 417 g/mol. The molecule has 0 radical (unpaired) electrons. The lowest BCUT2D eigenvalue weighted by Crippen LogP contribution is -2.58. The minimum absolute atomic E-state index is 0.0705. The molecule has 2 rings (SSSR count). The molecule has 0 saturated carbocycles. The summed E-state index contributed by atoms with van der Waals surface area (Å²) < 4.78 is 9.96. The van der Waals surface area contributed by atoms with E-state index >= 15 is 0 Å². The molecule has 4 N–H and O–H groups in total. The third-order valence-electron chi connectivity index (χ3n) is 4.12. The van der Waals surface area contributed by atoms with Crippen molar-refractivity contribution in [3.8, 4) is 0 Å². The lowest BCUT2D eigenvalue weighted by molar-refractivity contribution is -0.287. The van der Waals surface area contributed by atoms with Crippen LogP contribution in [0.2, 0.25) is 10.0 Å². The highest BCUT2D eigenvalue weighted by atomic mass is 35.5. The topological polar surface area (TPSA) is 138 Å². The van der Waals surface area contributed by atoms with Gasteiger partial charge in [-0.25, -0.2) is 0 Å². The summed E-state index contributed by atoms with van der Waals surface area (Å²) in [5.41, 5.74) is 1.07. The molecule has 9 nitrogen and oxygen atoms in total. The number of carbonyl (C=O) groups excluding carboxylic acids is 1. The fourth-order valence-corrected chi connectivity index (χ4v) is 2.86. The van der Waals surface area contributed by atoms with Crippen LogP contribution in [0.4, 0.5) is 0 Å². The molecule has 156 valence electrons. The van der Waals surface area contributed by atoms with E-state index in [0.29, 0.717) is 21.3 Å². The summed E-state index contributed by atoms with van der Waals surface area (Å²) in [6.45, 7) is -0.412. The number of aliphatic hydroxyl groups is 4. The van der Waals surface area contributed by atoms with Crippen molar-refractivity contribution in [2.24, 2.45) is 5.16 Å². The fourth-order valence-electron chi connectivity index (χ4n) is 2.56. The van der Waals surface area contributed by atoms with E-state index in [1.807, 2.05) is 0 Å². The predicted molar refractivity (Wildman–Crippen MR) is 99.1 cm³/mol. The predicted octanol–water partition coefficient (Wildman–Crippen LogP) is 0.467. The average Bonchev–Trinajstić information content (AvgIpc) is 2.67. The van der Waals surface area contributed by atoms with Crippen LogP contribution in [0.25, 0.3) is 0 Å². The van der Waals surface area contributed by atoms with Gasteiger partial charge in [-0.3, -0.25) is 4.79 Å². The summed E-state index contributed by atoms with van der Waals surface area (Å²) in [5.74, 6) is -0.630. The molecule has 1 aromatic rings. The molecule has 1 aliphatic heterocycles. The van der Waals surface area contributed by atoms with Crippen LogP contribution in [0, 0.1) is 0 Å². The van der Waals surface area contributed by atoms with Gasteiger partial charge < -0.3 is 34.7 Å². The molecule has 0 aromatic heterocycles. The van der Waals surface area contributed by atoms with Gasteiger partial charge in [-0.05, 0) is 12.1 Å². The van der Waals surface area contributed by atoms with Gasteiger partial charge in [0.05, 0.1) is 22.2 Å². The maximum Gasteiger partial charge on any atom is 0.306 e. The summed E-state index contributed by atoms with van der Waals surface area (Å²) in [6, 6.07) is 4.86. The number of oxime groups is 1. The first-order chi connectivity index (χ1) is 13.2. The van der Waals surface area contributed by atoms with Crippen LogP contribution < -0.4 is 0 Å². The average molecular weight is 438 g/mol. The first kappa shape index (κ1) is 22.8. The van der Waals surface area contributed by atoms with Crippen molar-refractivity contribution in [2.45, 2.75) is 43.5 Å². The normalized spacial score (nSPS) is 28.1. The van der Waals surface area contributed by atoms with Gasteiger partial charge in [0.2, 0.25) is 0 Å². The van der Waals surface area contributed by atoms with Crippen LogP contribution >= 0.6 is 23.2 Å². The molecule has 0 spiro atoms. The Balaban J connectivity index is 1.89. The van der Waals surface area contributed by atoms with Crippen molar-refractivity contribution >= 4 is 34.9 Å². The zero-order valence-corrected chi connectivity index (χ0v) is 16.4. The van der Waals surface area contributed by atoms with Crippen LogP contribution in [0.3, 0.4) is 0 Å². The molecular formula is C17H21Cl2NO8. The number of halogens is 2. The Morgan fingerprint density at radius 3 is 2.46 bits per heavy atom. The monoisotopic (exact) mass is 437 g/mol. The zero-order chi connectivity index (χ0) is 20.8. The number of ether oxygens (including phenoxy) is 2. The van der Waals surface area contributed by atoms with E-state index < -0.39 is 43.3 Å². The molecule has 28 heavy (non-hydrogen) atoms. The zero-order valence-electron chi connectivity index (χ0n) is 14.9. The second-order valence-electron chi connectivity index (χ2n) is 6.07. The number of benzene rings is 1. The van der Waals surface area contributed by atoms with Gasteiger partial charge in [0.1, 0.15) is 38.1 Å². The van der Waals surface area contributed by atoms with Gasteiger partial charge in [0, 0.05) is 12.0 Å². The number of hydrogen-bond donors (Lipinski definition) is 4. The Morgan fingerprint density at radius 1 is 1.11 bits per heavy atom. The highest BCUT2D eigenvalue weighted by Crippen LogP contribution is 2.24. The van der Waals surface area contributed by atoms with Gasteiger partial charge in [-0.1, -0.05) is 34.4 Å².